The molecular formula is C21H25N3O4. The first-order valence-electron chi connectivity index (χ1n) is 9.22. The fourth-order valence-corrected chi connectivity index (χ4v) is 3.13. The van der Waals surface area contributed by atoms with Crippen LogP contribution in [0.5, 0.6) is 11.5 Å². The van der Waals surface area contributed by atoms with Gasteiger partial charge in [0.1, 0.15) is 0 Å². The van der Waals surface area contributed by atoms with E-state index >= 15 is 0 Å². The van der Waals surface area contributed by atoms with Crippen molar-refractivity contribution in [1.82, 2.24) is 10.6 Å². The number of carbonyl (C=O) groups excluding carboxylic acids is 2. The lowest BCUT2D eigenvalue weighted by molar-refractivity contribution is -0.117. The Labute approximate surface area is 164 Å². The van der Waals surface area contributed by atoms with Gasteiger partial charge in [0.15, 0.2) is 11.5 Å². The topological polar surface area (TPSA) is 79.9 Å². The van der Waals surface area contributed by atoms with E-state index in [1.165, 1.54) is 0 Å². The van der Waals surface area contributed by atoms with Crippen LogP contribution >= 0.6 is 0 Å². The van der Waals surface area contributed by atoms with Crippen LogP contribution in [0.1, 0.15) is 24.0 Å². The maximum atomic E-state index is 12.1. The molecule has 1 saturated heterocycles. The molecule has 148 valence electrons. The molecule has 0 atom stereocenters. The van der Waals surface area contributed by atoms with Crippen molar-refractivity contribution in [2.24, 2.45) is 0 Å². The number of methoxy groups -OCH3 is 2. The Morgan fingerprint density at radius 3 is 2.21 bits per heavy atom. The molecule has 2 aromatic carbocycles. The second kappa shape index (κ2) is 9.12. The van der Waals surface area contributed by atoms with Gasteiger partial charge in [0, 0.05) is 31.7 Å². The molecule has 7 nitrogen and oxygen atoms in total. The number of benzene rings is 2. The van der Waals surface area contributed by atoms with Gasteiger partial charge in [-0.25, -0.2) is 4.79 Å². The molecule has 1 aliphatic rings. The number of nitrogens with zero attached hydrogens (tertiary/aromatic N) is 1. The highest BCUT2D eigenvalue weighted by Crippen LogP contribution is 2.27. The van der Waals surface area contributed by atoms with Gasteiger partial charge in [0.2, 0.25) is 5.91 Å². The SMILES string of the molecule is COc1ccc(CNC(=O)NCc2ccc(N3CCCC3=O)cc2)cc1OC. The third kappa shape index (κ3) is 4.73. The molecule has 3 amide bonds. The molecule has 3 rings (SSSR count). The Balaban J connectivity index is 1.47. The average Bonchev–Trinajstić information content (AvgIpc) is 3.16. The van der Waals surface area contributed by atoms with Crippen LogP contribution in [0.15, 0.2) is 42.5 Å². The fraction of sp³-hybridized carbons (Fsp3) is 0.333. The summed E-state index contributed by atoms with van der Waals surface area (Å²) in [5, 5.41) is 5.65. The number of ether oxygens (including phenoxy) is 2. The van der Waals surface area contributed by atoms with Crippen molar-refractivity contribution in [2.45, 2.75) is 25.9 Å². The summed E-state index contributed by atoms with van der Waals surface area (Å²) in [4.78, 5) is 25.6. The maximum absolute atomic E-state index is 12.1. The second-order valence-electron chi connectivity index (χ2n) is 6.54. The van der Waals surface area contributed by atoms with Crippen LogP contribution in [0.2, 0.25) is 0 Å². The van der Waals surface area contributed by atoms with Crippen molar-refractivity contribution in [3.8, 4) is 11.5 Å². The van der Waals surface area contributed by atoms with Gasteiger partial charge in [0.05, 0.1) is 14.2 Å². The molecule has 1 heterocycles. The van der Waals surface area contributed by atoms with Crippen LogP contribution in [0.3, 0.4) is 0 Å². The molecule has 0 unspecified atom stereocenters. The van der Waals surface area contributed by atoms with E-state index in [4.69, 9.17) is 9.47 Å². The van der Waals surface area contributed by atoms with Gasteiger partial charge in [-0.15, -0.1) is 0 Å². The molecule has 0 bridgehead atoms. The lowest BCUT2D eigenvalue weighted by Gasteiger charge is -2.16. The lowest BCUT2D eigenvalue weighted by atomic mass is 10.2. The zero-order chi connectivity index (χ0) is 19.9. The van der Waals surface area contributed by atoms with Crippen molar-refractivity contribution in [3.05, 3.63) is 53.6 Å². The van der Waals surface area contributed by atoms with Crippen LogP contribution in [0.4, 0.5) is 10.5 Å². The molecular weight excluding hydrogens is 358 g/mol. The highest BCUT2D eigenvalue weighted by atomic mass is 16.5. The number of carbonyl (C=O) groups is 2. The van der Waals surface area contributed by atoms with Gasteiger partial charge in [-0.2, -0.15) is 0 Å². The Bertz CT molecular complexity index is 836. The largest absolute Gasteiger partial charge is 0.493 e. The number of hydrogen-bond acceptors (Lipinski definition) is 4. The van der Waals surface area contributed by atoms with Crippen molar-refractivity contribution < 1.29 is 19.1 Å². The van der Waals surface area contributed by atoms with Crippen LogP contribution in [-0.2, 0) is 17.9 Å². The van der Waals surface area contributed by atoms with Gasteiger partial charge in [-0.05, 0) is 41.8 Å². The number of hydrogen-bond donors (Lipinski definition) is 2. The molecule has 2 aromatic rings. The molecule has 1 aliphatic heterocycles. The number of urea groups is 1. The van der Waals surface area contributed by atoms with Crippen molar-refractivity contribution >= 4 is 17.6 Å². The summed E-state index contributed by atoms with van der Waals surface area (Å²) in [6.07, 6.45) is 1.52. The van der Waals surface area contributed by atoms with Gasteiger partial charge in [-0.1, -0.05) is 18.2 Å². The first-order valence-corrected chi connectivity index (χ1v) is 9.22. The quantitative estimate of drug-likeness (QED) is 0.771. The minimum Gasteiger partial charge on any atom is -0.493 e. The van der Waals surface area contributed by atoms with Crippen molar-refractivity contribution in [3.63, 3.8) is 0 Å². The van der Waals surface area contributed by atoms with E-state index in [1.54, 1.807) is 25.2 Å². The molecule has 1 fully saturated rings. The van der Waals surface area contributed by atoms with Crippen molar-refractivity contribution in [1.29, 1.82) is 0 Å². The minimum absolute atomic E-state index is 0.167. The van der Waals surface area contributed by atoms with E-state index < -0.39 is 0 Å². The molecule has 2 N–H and O–H groups in total. The summed E-state index contributed by atoms with van der Waals surface area (Å²) in [5.41, 5.74) is 2.79. The summed E-state index contributed by atoms with van der Waals surface area (Å²) < 4.78 is 10.5. The zero-order valence-corrected chi connectivity index (χ0v) is 16.2. The Morgan fingerprint density at radius 1 is 0.964 bits per heavy atom. The standard InChI is InChI=1S/C21H25N3O4/c1-27-18-10-7-16(12-19(18)28-2)14-23-21(26)22-13-15-5-8-17(9-6-15)24-11-3-4-20(24)25/h5-10,12H,3-4,11,13-14H2,1-2H3,(H2,22,23,26). The first kappa shape index (κ1) is 19.5. The summed E-state index contributed by atoms with van der Waals surface area (Å²) in [7, 11) is 3.16. The first-order chi connectivity index (χ1) is 13.6. The molecule has 7 heteroatoms. The second-order valence-corrected chi connectivity index (χ2v) is 6.54. The third-order valence-corrected chi connectivity index (χ3v) is 4.68. The van der Waals surface area contributed by atoms with Crippen LogP contribution in [0.25, 0.3) is 0 Å². The summed E-state index contributed by atoms with van der Waals surface area (Å²) in [6.45, 7) is 1.56. The molecule has 28 heavy (non-hydrogen) atoms. The van der Waals surface area contributed by atoms with Crippen LogP contribution in [0, 0.1) is 0 Å². The lowest BCUT2D eigenvalue weighted by Crippen LogP contribution is -2.34. The molecule has 0 aliphatic carbocycles. The maximum Gasteiger partial charge on any atom is 0.315 e. The van der Waals surface area contributed by atoms with Gasteiger partial charge < -0.3 is 25.0 Å². The van der Waals surface area contributed by atoms with E-state index in [9.17, 15) is 9.59 Å². The average molecular weight is 383 g/mol. The predicted octanol–water partition coefficient (Wildman–Crippen LogP) is 2.83. The fourth-order valence-electron chi connectivity index (χ4n) is 3.13. The van der Waals surface area contributed by atoms with Crippen LogP contribution < -0.4 is 25.0 Å². The van der Waals surface area contributed by atoms with E-state index in [0.717, 1.165) is 29.8 Å². The number of amides is 3. The van der Waals surface area contributed by atoms with Crippen molar-refractivity contribution in [2.75, 3.05) is 25.7 Å². The summed E-state index contributed by atoms with van der Waals surface area (Å²) in [5.74, 6) is 1.44. The monoisotopic (exact) mass is 383 g/mol. The smallest absolute Gasteiger partial charge is 0.315 e. The molecule has 0 aromatic heterocycles. The normalized spacial score (nSPS) is 13.4. The predicted molar refractivity (Wildman–Crippen MR) is 107 cm³/mol. The van der Waals surface area contributed by atoms with Gasteiger partial charge in [-0.3, -0.25) is 4.79 Å². The minimum atomic E-state index is -0.256. The third-order valence-electron chi connectivity index (χ3n) is 4.68. The number of nitrogens with one attached hydrogen (secondary N) is 2. The highest BCUT2D eigenvalue weighted by Gasteiger charge is 2.21. The van der Waals surface area contributed by atoms with E-state index in [1.807, 2.05) is 36.4 Å². The van der Waals surface area contributed by atoms with Gasteiger partial charge in [0.25, 0.3) is 0 Å². The Hall–Kier alpha value is -3.22. The summed E-state index contributed by atoms with van der Waals surface area (Å²) >= 11 is 0. The zero-order valence-electron chi connectivity index (χ0n) is 16.2. The number of rotatable bonds is 7. The van der Waals surface area contributed by atoms with E-state index in [0.29, 0.717) is 31.0 Å². The molecule has 0 saturated carbocycles. The highest BCUT2D eigenvalue weighted by molar-refractivity contribution is 5.95. The number of anilines is 1. The van der Waals surface area contributed by atoms with E-state index in [-0.39, 0.29) is 11.9 Å². The Kier molecular flexibility index (Phi) is 6.37. The van der Waals surface area contributed by atoms with Gasteiger partial charge >= 0.3 is 6.03 Å². The molecule has 0 radical (unpaired) electrons. The summed E-state index contributed by atoms with van der Waals surface area (Å²) in [6, 6.07) is 12.9. The van der Waals surface area contributed by atoms with E-state index in [2.05, 4.69) is 10.6 Å². The Morgan fingerprint density at radius 2 is 1.61 bits per heavy atom. The van der Waals surface area contributed by atoms with Crippen LogP contribution in [-0.4, -0.2) is 32.7 Å². The molecule has 0 spiro atoms.